The predicted octanol–water partition coefficient (Wildman–Crippen LogP) is 3.59. The molecule has 0 aliphatic carbocycles. The fourth-order valence-electron chi connectivity index (χ4n) is 4.32. The van der Waals surface area contributed by atoms with Crippen molar-refractivity contribution in [3.63, 3.8) is 0 Å². The minimum absolute atomic E-state index is 0.100. The Hall–Kier alpha value is -2.56. The van der Waals surface area contributed by atoms with Gasteiger partial charge in [-0.2, -0.15) is 0 Å². The molecule has 2 fully saturated rings. The molecule has 1 unspecified atom stereocenters. The van der Waals surface area contributed by atoms with Gasteiger partial charge in [0.15, 0.2) is 0 Å². The third-order valence-corrected chi connectivity index (χ3v) is 5.93. The van der Waals surface area contributed by atoms with E-state index < -0.39 is 0 Å². The van der Waals surface area contributed by atoms with E-state index in [9.17, 15) is 4.79 Å². The molecule has 0 N–H and O–H groups in total. The van der Waals surface area contributed by atoms with Crippen LogP contribution < -0.4 is 9.80 Å². The van der Waals surface area contributed by atoms with Crippen molar-refractivity contribution in [3.05, 3.63) is 53.9 Å². The van der Waals surface area contributed by atoms with Gasteiger partial charge in [-0.15, -0.1) is 0 Å². The molecular weight excluding hydrogens is 348 g/mol. The standard InChI is InChI=1S/C23H30N4O/c1-18-5-3-7-21(13-18)25-9-11-26(12-10-25)23(28)20-14-22(16-24-15-20)27-8-4-6-19(2)17-27/h3,5,7,13-16,19H,4,6,8-12,17H2,1-2H3. The van der Waals surface area contributed by atoms with Crippen molar-refractivity contribution < 1.29 is 4.79 Å². The number of benzene rings is 1. The summed E-state index contributed by atoms with van der Waals surface area (Å²) in [5, 5.41) is 0. The molecule has 4 rings (SSSR count). The van der Waals surface area contributed by atoms with Crippen molar-refractivity contribution in [1.29, 1.82) is 0 Å². The Morgan fingerprint density at radius 3 is 2.57 bits per heavy atom. The monoisotopic (exact) mass is 378 g/mol. The van der Waals surface area contributed by atoms with E-state index in [0.29, 0.717) is 11.5 Å². The number of hydrogen-bond acceptors (Lipinski definition) is 4. The van der Waals surface area contributed by atoms with Crippen molar-refractivity contribution in [2.75, 3.05) is 49.1 Å². The van der Waals surface area contributed by atoms with E-state index in [2.05, 4.69) is 52.9 Å². The van der Waals surface area contributed by atoms with Gasteiger partial charge in [0.25, 0.3) is 5.91 Å². The van der Waals surface area contributed by atoms with E-state index in [1.54, 1.807) is 6.20 Å². The number of carbonyl (C=O) groups excluding carboxylic acids is 1. The molecule has 2 saturated heterocycles. The Morgan fingerprint density at radius 1 is 1.00 bits per heavy atom. The third-order valence-electron chi connectivity index (χ3n) is 5.93. The molecule has 2 aliphatic heterocycles. The average Bonchev–Trinajstić information content (AvgIpc) is 2.73. The molecule has 28 heavy (non-hydrogen) atoms. The van der Waals surface area contributed by atoms with E-state index in [-0.39, 0.29) is 5.91 Å². The first kappa shape index (κ1) is 18.8. The van der Waals surface area contributed by atoms with Gasteiger partial charge in [0.05, 0.1) is 17.4 Å². The molecule has 2 aromatic rings. The Bertz CT molecular complexity index is 829. The number of amides is 1. The van der Waals surface area contributed by atoms with Gasteiger partial charge in [0, 0.05) is 51.2 Å². The SMILES string of the molecule is Cc1cccc(N2CCN(C(=O)c3cncc(N4CCCC(C)C4)c3)CC2)c1. The Balaban J connectivity index is 1.41. The number of piperazine rings is 1. The maximum absolute atomic E-state index is 13.0. The molecule has 0 radical (unpaired) electrons. The lowest BCUT2D eigenvalue weighted by atomic mass is 10.00. The number of nitrogens with zero attached hydrogens (tertiary/aromatic N) is 4. The van der Waals surface area contributed by atoms with E-state index in [1.165, 1.54) is 24.1 Å². The number of aryl methyl sites for hydroxylation is 1. The summed E-state index contributed by atoms with van der Waals surface area (Å²) in [6, 6.07) is 10.6. The quantitative estimate of drug-likeness (QED) is 0.818. The van der Waals surface area contributed by atoms with Gasteiger partial charge in [-0.05, 0) is 49.4 Å². The largest absolute Gasteiger partial charge is 0.370 e. The van der Waals surface area contributed by atoms with Gasteiger partial charge in [-0.1, -0.05) is 19.1 Å². The molecule has 0 saturated carbocycles. The fourth-order valence-corrected chi connectivity index (χ4v) is 4.32. The van der Waals surface area contributed by atoms with Crippen LogP contribution in [0.4, 0.5) is 11.4 Å². The third kappa shape index (κ3) is 4.13. The molecule has 1 aromatic carbocycles. The highest BCUT2D eigenvalue weighted by atomic mass is 16.2. The highest BCUT2D eigenvalue weighted by Crippen LogP contribution is 2.24. The molecular formula is C23H30N4O. The number of rotatable bonds is 3. The highest BCUT2D eigenvalue weighted by molar-refractivity contribution is 5.95. The zero-order valence-corrected chi connectivity index (χ0v) is 17.0. The first-order valence-corrected chi connectivity index (χ1v) is 10.4. The fraction of sp³-hybridized carbons (Fsp3) is 0.478. The number of piperidine rings is 1. The summed E-state index contributed by atoms with van der Waals surface area (Å²) in [6.07, 6.45) is 6.10. The van der Waals surface area contributed by atoms with Gasteiger partial charge in [-0.25, -0.2) is 0 Å². The van der Waals surface area contributed by atoms with E-state index in [1.807, 2.05) is 17.2 Å². The number of pyridine rings is 1. The normalized spacial score (nSPS) is 20.4. The van der Waals surface area contributed by atoms with Gasteiger partial charge < -0.3 is 14.7 Å². The van der Waals surface area contributed by atoms with Crippen LogP contribution >= 0.6 is 0 Å². The second-order valence-electron chi connectivity index (χ2n) is 8.24. The van der Waals surface area contributed by atoms with Gasteiger partial charge in [-0.3, -0.25) is 9.78 Å². The molecule has 3 heterocycles. The van der Waals surface area contributed by atoms with Crippen LogP contribution in [0.15, 0.2) is 42.7 Å². The van der Waals surface area contributed by atoms with Crippen molar-refractivity contribution >= 4 is 17.3 Å². The van der Waals surface area contributed by atoms with E-state index >= 15 is 0 Å². The first-order chi connectivity index (χ1) is 13.6. The molecule has 5 heteroatoms. The van der Waals surface area contributed by atoms with Crippen LogP contribution in [0.5, 0.6) is 0 Å². The highest BCUT2D eigenvalue weighted by Gasteiger charge is 2.24. The maximum Gasteiger partial charge on any atom is 0.255 e. The summed E-state index contributed by atoms with van der Waals surface area (Å²) in [6.45, 7) is 9.75. The lowest BCUT2D eigenvalue weighted by Crippen LogP contribution is -2.48. The van der Waals surface area contributed by atoms with Crippen molar-refractivity contribution in [1.82, 2.24) is 9.88 Å². The molecule has 1 atom stereocenters. The molecule has 0 bridgehead atoms. The summed E-state index contributed by atoms with van der Waals surface area (Å²) < 4.78 is 0. The second-order valence-corrected chi connectivity index (χ2v) is 8.24. The predicted molar refractivity (Wildman–Crippen MR) is 114 cm³/mol. The summed E-state index contributed by atoms with van der Waals surface area (Å²) >= 11 is 0. The molecule has 0 spiro atoms. The number of anilines is 2. The Labute approximate surface area is 168 Å². The lowest BCUT2D eigenvalue weighted by Gasteiger charge is -2.36. The minimum atomic E-state index is 0.100. The van der Waals surface area contributed by atoms with Crippen LogP contribution in [-0.4, -0.2) is 55.1 Å². The van der Waals surface area contributed by atoms with Crippen LogP contribution in [0.1, 0.15) is 35.7 Å². The van der Waals surface area contributed by atoms with Crippen LogP contribution in [-0.2, 0) is 0 Å². The first-order valence-electron chi connectivity index (χ1n) is 10.4. The van der Waals surface area contributed by atoms with Crippen molar-refractivity contribution in [2.45, 2.75) is 26.7 Å². The summed E-state index contributed by atoms with van der Waals surface area (Å²) in [7, 11) is 0. The molecule has 5 nitrogen and oxygen atoms in total. The summed E-state index contributed by atoms with van der Waals surface area (Å²) in [5.74, 6) is 0.797. The number of carbonyl (C=O) groups is 1. The molecule has 1 amide bonds. The Kier molecular flexibility index (Phi) is 5.51. The van der Waals surface area contributed by atoms with Crippen LogP contribution in [0.2, 0.25) is 0 Å². The zero-order valence-electron chi connectivity index (χ0n) is 17.0. The average molecular weight is 379 g/mol. The lowest BCUT2D eigenvalue weighted by molar-refractivity contribution is 0.0746. The minimum Gasteiger partial charge on any atom is -0.370 e. The number of aromatic nitrogens is 1. The second kappa shape index (κ2) is 8.21. The maximum atomic E-state index is 13.0. The molecule has 1 aromatic heterocycles. The van der Waals surface area contributed by atoms with Gasteiger partial charge in [0.1, 0.15) is 0 Å². The zero-order chi connectivity index (χ0) is 19.5. The Morgan fingerprint density at radius 2 is 1.82 bits per heavy atom. The summed E-state index contributed by atoms with van der Waals surface area (Å²) in [5.41, 5.74) is 4.30. The van der Waals surface area contributed by atoms with E-state index in [0.717, 1.165) is 45.0 Å². The van der Waals surface area contributed by atoms with Crippen LogP contribution in [0.25, 0.3) is 0 Å². The van der Waals surface area contributed by atoms with Crippen molar-refractivity contribution in [3.8, 4) is 0 Å². The van der Waals surface area contributed by atoms with Crippen LogP contribution in [0, 0.1) is 12.8 Å². The molecule has 2 aliphatic rings. The van der Waals surface area contributed by atoms with Crippen molar-refractivity contribution in [2.24, 2.45) is 5.92 Å². The van der Waals surface area contributed by atoms with Crippen LogP contribution in [0.3, 0.4) is 0 Å². The van der Waals surface area contributed by atoms with Gasteiger partial charge in [0.2, 0.25) is 0 Å². The topological polar surface area (TPSA) is 39.7 Å². The molecule has 148 valence electrons. The van der Waals surface area contributed by atoms with E-state index in [4.69, 9.17) is 0 Å². The number of hydrogen-bond donors (Lipinski definition) is 0. The summed E-state index contributed by atoms with van der Waals surface area (Å²) in [4.78, 5) is 24.1. The van der Waals surface area contributed by atoms with Gasteiger partial charge >= 0.3 is 0 Å². The smallest absolute Gasteiger partial charge is 0.255 e.